The van der Waals surface area contributed by atoms with E-state index in [9.17, 15) is 0 Å². The second-order valence-corrected chi connectivity index (χ2v) is 7.59. The molecule has 3 nitrogen and oxygen atoms in total. The van der Waals surface area contributed by atoms with Crippen molar-refractivity contribution in [3.63, 3.8) is 0 Å². The van der Waals surface area contributed by atoms with Gasteiger partial charge in [0, 0.05) is 30.9 Å². The molecule has 0 bridgehead atoms. The Bertz CT molecular complexity index is 634. The van der Waals surface area contributed by atoms with Crippen molar-refractivity contribution in [3.8, 4) is 0 Å². The fourth-order valence-electron chi connectivity index (χ4n) is 3.89. The summed E-state index contributed by atoms with van der Waals surface area (Å²) in [7, 11) is 0. The summed E-state index contributed by atoms with van der Waals surface area (Å²) >= 11 is 0. The Morgan fingerprint density at radius 1 is 1.21 bits per heavy atom. The maximum atomic E-state index is 4.04. The molecular formula is C21H31N3. The van der Waals surface area contributed by atoms with Gasteiger partial charge < -0.3 is 10.2 Å². The van der Waals surface area contributed by atoms with Gasteiger partial charge in [-0.25, -0.2) is 0 Å². The van der Waals surface area contributed by atoms with Crippen LogP contribution in [0.15, 0.2) is 36.7 Å². The number of rotatable bonds is 2. The Morgan fingerprint density at radius 3 is 2.92 bits per heavy atom. The molecule has 2 aromatic rings. The Kier molecular flexibility index (Phi) is 6.22. The van der Waals surface area contributed by atoms with Gasteiger partial charge in [-0.1, -0.05) is 30.7 Å². The lowest BCUT2D eigenvalue weighted by Gasteiger charge is -2.32. The number of nitrogens with zero attached hydrogens (tertiary/aromatic N) is 2. The zero-order chi connectivity index (χ0) is 16.8. The van der Waals surface area contributed by atoms with Gasteiger partial charge >= 0.3 is 0 Å². The fourth-order valence-corrected chi connectivity index (χ4v) is 3.89. The maximum absolute atomic E-state index is 4.04. The van der Waals surface area contributed by atoms with E-state index in [0.29, 0.717) is 0 Å². The summed E-state index contributed by atoms with van der Waals surface area (Å²) in [6.07, 6.45) is 7.96. The highest BCUT2D eigenvalue weighted by atomic mass is 15.1. The summed E-state index contributed by atoms with van der Waals surface area (Å²) in [6.45, 7) is 11.0. The van der Waals surface area contributed by atoms with Gasteiger partial charge in [-0.2, -0.15) is 0 Å². The highest BCUT2D eigenvalue weighted by Crippen LogP contribution is 2.18. The SMILES string of the molecule is C[C@@H]1CCCN(CC2CCNC2)C1.Cc1ccc2cnccc2c1. The predicted octanol–water partition coefficient (Wildman–Crippen LogP) is 3.87. The van der Waals surface area contributed by atoms with Gasteiger partial charge in [-0.3, -0.25) is 4.98 Å². The van der Waals surface area contributed by atoms with E-state index in [-0.39, 0.29) is 0 Å². The first kappa shape index (κ1) is 17.4. The van der Waals surface area contributed by atoms with E-state index in [0.717, 1.165) is 11.8 Å². The summed E-state index contributed by atoms with van der Waals surface area (Å²) in [5, 5.41) is 5.92. The average Bonchev–Trinajstić information content (AvgIpc) is 3.08. The molecule has 3 heterocycles. The molecule has 2 aliphatic heterocycles. The number of benzene rings is 1. The molecule has 0 radical (unpaired) electrons. The van der Waals surface area contributed by atoms with Crippen LogP contribution in [0, 0.1) is 18.8 Å². The normalized spacial score (nSPS) is 24.6. The standard InChI is InChI=1S/C11H22N2.C10H9N/c1-10-3-2-6-13(8-10)9-11-4-5-12-7-11;1-8-2-3-10-7-11-5-4-9(10)6-8/h10-12H,2-9H2,1H3;2-7H,1H3/t10-,11?;/m1./s1. The quantitative estimate of drug-likeness (QED) is 0.908. The molecule has 1 aromatic heterocycles. The first-order chi connectivity index (χ1) is 11.7. The van der Waals surface area contributed by atoms with Crippen molar-refractivity contribution < 1.29 is 0 Å². The summed E-state index contributed by atoms with van der Waals surface area (Å²) in [5.41, 5.74) is 1.30. The first-order valence-corrected chi connectivity index (χ1v) is 9.44. The molecule has 2 fully saturated rings. The molecule has 4 rings (SSSR count). The average molecular weight is 326 g/mol. The maximum Gasteiger partial charge on any atom is 0.0346 e. The van der Waals surface area contributed by atoms with Gasteiger partial charge in [0.15, 0.2) is 0 Å². The summed E-state index contributed by atoms with van der Waals surface area (Å²) in [6, 6.07) is 8.39. The fraction of sp³-hybridized carbons (Fsp3) is 0.571. The largest absolute Gasteiger partial charge is 0.316 e. The number of nitrogens with one attached hydrogen (secondary N) is 1. The van der Waals surface area contributed by atoms with E-state index in [2.05, 4.69) is 47.2 Å². The van der Waals surface area contributed by atoms with Crippen LogP contribution >= 0.6 is 0 Å². The van der Waals surface area contributed by atoms with Crippen LogP contribution in [0.3, 0.4) is 0 Å². The first-order valence-electron chi connectivity index (χ1n) is 9.44. The molecule has 0 saturated carbocycles. The minimum absolute atomic E-state index is 0.933. The summed E-state index contributed by atoms with van der Waals surface area (Å²) in [5.74, 6) is 1.87. The zero-order valence-electron chi connectivity index (χ0n) is 15.2. The number of fused-ring (bicyclic) bond motifs is 1. The summed E-state index contributed by atoms with van der Waals surface area (Å²) < 4.78 is 0. The van der Waals surface area contributed by atoms with Crippen molar-refractivity contribution in [2.75, 3.05) is 32.7 Å². The van der Waals surface area contributed by atoms with Gasteiger partial charge in [0.05, 0.1) is 0 Å². The molecule has 24 heavy (non-hydrogen) atoms. The Hall–Kier alpha value is -1.45. The van der Waals surface area contributed by atoms with E-state index < -0.39 is 0 Å². The third kappa shape index (κ3) is 5.02. The number of likely N-dealkylation sites (tertiary alicyclic amines) is 1. The highest BCUT2D eigenvalue weighted by Gasteiger charge is 2.21. The van der Waals surface area contributed by atoms with Gasteiger partial charge in [0.25, 0.3) is 0 Å². The molecule has 1 N–H and O–H groups in total. The van der Waals surface area contributed by atoms with Crippen LogP contribution in [0.25, 0.3) is 10.8 Å². The van der Waals surface area contributed by atoms with Crippen molar-refractivity contribution in [1.82, 2.24) is 15.2 Å². The van der Waals surface area contributed by atoms with Gasteiger partial charge in [-0.15, -0.1) is 0 Å². The molecule has 1 aromatic carbocycles. The minimum atomic E-state index is 0.933. The molecule has 3 heteroatoms. The van der Waals surface area contributed by atoms with Crippen LogP contribution in [0.4, 0.5) is 0 Å². The number of piperidine rings is 1. The predicted molar refractivity (Wildman–Crippen MR) is 102 cm³/mol. The van der Waals surface area contributed by atoms with Gasteiger partial charge in [0.1, 0.15) is 0 Å². The van der Waals surface area contributed by atoms with E-state index >= 15 is 0 Å². The lowest BCUT2D eigenvalue weighted by atomic mass is 9.98. The highest BCUT2D eigenvalue weighted by molar-refractivity contribution is 5.81. The van der Waals surface area contributed by atoms with Crippen LogP contribution in [0.2, 0.25) is 0 Å². The van der Waals surface area contributed by atoms with Gasteiger partial charge in [0.2, 0.25) is 0 Å². The molecule has 1 unspecified atom stereocenters. The second-order valence-electron chi connectivity index (χ2n) is 7.59. The monoisotopic (exact) mass is 325 g/mol. The van der Waals surface area contributed by atoms with E-state index in [1.165, 1.54) is 68.3 Å². The lowest BCUT2D eigenvalue weighted by Crippen LogP contribution is -2.38. The van der Waals surface area contributed by atoms with Crippen LogP contribution in [-0.4, -0.2) is 42.6 Å². The molecule has 0 aliphatic carbocycles. The van der Waals surface area contributed by atoms with Crippen molar-refractivity contribution in [2.45, 2.75) is 33.1 Å². The van der Waals surface area contributed by atoms with E-state index in [4.69, 9.17) is 0 Å². The molecule has 130 valence electrons. The molecule has 0 amide bonds. The number of pyridine rings is 1. The van der Waals surface area contributed by atoms with Crippen molar-refractivity contribution in [3.05, 3.63) is 42.2 Å². The van der Waals surface area contributed by atoms with E-state index in [1.807, 2.05) is 18.5 Å². The second kappa shape index (κ2) is 8.59. The smallest absolute Gasteiger partial charge is 0.0346 e. The van der Waals surface area contributed by atoms with Gasteiger partial charge in [-0.05, 0) is 69.1 Å². The number of aromatic nitrogens is 1. The Morgan fingerprint density at radius 2 is 2.12 bits per heavy atom. The number of hydrogen-bond donors (Lipinski definition) is 1. The topological polar surface area (TPSA) is 28.2 Å². The molecular weight excluding hydrogens is 294 g/mol. The lowest BCUT2D eigenvalue weighted by molar-refractivity contribution is 0.163. The van der Waals surface area contributed by atoms with Crippen LogP contribution < -0.4 is 5.32 Å². The van der Waals surface area contributed by atoms with E-state index in [1.54, 1.807) is 0 Å². The molecule has 0 spiro atoms. The molecule has 2 atom stereocenters. The van der Waals surface area contributed by atoms with Crippen molar-refractivity contribution >= 4 is 10.8 Å². The van der Waals surface area contributed by atoms with Crippen molar-refractivity contribution in [1.29, 1.82) is 0 Å². The third-order valence-corrected chi connectivity index (χ3v) is 5.22. The van der Waals surface area contributed by atoms with Crippen LogP contribution in [-0.2, 0) is 0 Å². The third-order valence-electron chi connectivity index (χ3n) is 5.22. The minimum Gasteiger partial charge on any atom is -0.316 e. The Balaban J connectivity index is 0.000000143. The molecule has 2 aliphatic rings. The summed E-state index contributed by atoms with van der Waals surface area (Å²) in [4.78, 5) is 6.71. The molecule has 2 saturated heterocycles. The van der Waals surface area contributed by atoms with Crippen LogP contribution in [0.5, 0.6) is 0 Å². The van der Waals surface area contributed by atoms with Crippen LogP contribution in [0.1, 0.15) is 31.7 Å². The van der Waals surface area contributed by atoms with Crippen molar-refractivity contribution in [2.24, 2.45) is 11.8 Å². The zero-order valence-corrected chi connectivity index (χ0v) is 15.2. The number of aryl methyl sites for hydroxylation is 1. The number of hydrogen-bond acceptors (Lipinski definition) is 3. The Labute approximate surface area is 146 Å².